The van der Waals surface area contributed by atoms with E-state index in [1.54, 1.807) is 18.7 Å². The first kappa shape index (κ1) is 15.8. The minimum Gasteiger partial charge on any atom is -0.480 e. The van der Waals surface area contributed by atoms with Crippen LogP contribution in [0.2, 0.25) is 0 Å². The molecule has 0 saturated carbocycles. The van der Waals surface area contributed by atoms with Gasteiger partial charge in [0.05, 0.1) is 0 Å². The fourth-order valence-electron chi connectivity index (χ4n) is 1.17. The Morgan fingerprint density at radius 1 is 1.50 bits per heavy atom. The molecule has 0 aliphatic carbocycles. The Hall–Kier alpha value is -0.220. The predicted molar refractivity (Wildman–Crippen MR) is 71.1 cm³/mol. The highest BCUT2D eigenvalue weighted by molar-refractivity contribution is 7.99. The van der Waals surface area contributed by atoms with Crippen LogP contribution in [0.3, 0.4) is 0 Å². The molecule has 96 valence electrons. The van der Waals surface area contributed by atoms with E-state index in [4.69, 9.17) is 0 Å². The van der Waals surface area contributed by atoms with Crippen LogP contribution in [0.25, 0.3) is 0 Å². The first-order valence-electron chi connectivity index (χ1n) is 6.02. The van der Waals surface area contributed by atoms with Crippen molar-refractivity contribution in [3.05, 3.63) is 0 Å². The van der Waals surface area contributed by atoms with Crippen LogP contribution in [0.1, 0.15) is 40.5 Å². The van der Waals surface area contributed by atoms with E-state index in [0.29, 0.717) is 11.7 Å². The van der Waals surface area contributed by atoms with Crippen molar-refractivity contribution in [2.45, 2.75) is 46.1 Å². The fourth-order valence-corrected chi connectivity index (χ4v) is 2.56. The number of nitrogens with one attached hydrogen (secondary N) is 1. The summed E-state index contributed by atoms with van der Waals surface area (Å²) in [6.45, 7) is 8.93. The van der Waals surface area contributed by atoms with Crippen LogP contribution in [0.15, 0.2) is 0 Å². The van der Waals surface area contributed by atoms with E-state index in [1.165, 1.54) is 0 Å². The quantitative estimate of drug-likeness (QED) is 0.657. The molecule has 0 aromatic heterocycles. The van der Waals surface area contributed by atoms with Crippen LogP contribution in [-0.4, -0.2) is 34.7 Å². The normalized spacial score (nSPS) is 16.8. The Kier molecular flexibility index (Phi) is 7.85. The Balaban J connectivity index is 4.07. The van der Waals surface area contributed by atoms with Crippen LogP contribution in [0, 0.1) is 5.92 Å². The van der Waals surface area contributed by atoms with Crippen LogP contribution in [0.4, 0.5) is 0 Å². The zero-order chi connectivity index (χ0) is 12.6. The summed E-state index contributed by atoms with van der Waals surface area (Å²) < 4.78 is 0. The lowest BCUT2D eigenvalue weighted by Crippen LogP contribution is -2.52. The Morgan fingerprint density at radius 3 is 2.56 bits per heavy atom. The molecule has 0 amide bonds. The monoisotopic (exact) mass is 247 g/mol. The van der Waals surface area contributed by atoms with Crippen LogP contribution in [-0.2, 0) is 4.79 Å². The van der Waals surface area contributed by atoms with Gasteiger partial charge in [0.25, 0.3) is 0 Å². The van der Waals surface area contributed by atoms with Crippen molar-refractivity contribution >= 4 is 17.7 Å². The molecule has 16 heavy (non-hydrogen) atoms. The number of rotatable bonds is 9. The van der Waals surface area contributed by atoms with E-state index in [0.717, 1.165) is 25.1 Å². The molecule has 0 saturated heterocycles. The molecule has 0 rings (SSSR count). The van der Waals surface area contributed by atoms with Crippen LogP contribution in [0.5, 0.6) is 0 Å². The molecule has 2 N–H and O–H groups in total. The summed E-state index contributed by atoms with van der Waals surface area (Å²) in [6, 6.07) is 0. The van der Waals surface area contributed by atoms with E-state index in [-0.39, 0.29) is 0 Å². The SMILES string of the molecule is CCCNC(C)(CSCC(C)CC)C(=O)O. The highest BCUT2D eigenvalue weighted by Crippen LogP contribution is 2.18. The second-order valence-corrected chi connectivity index (χ2v) is 5.62. The standard InChI is InChI=1S/C12H25NO2S/c1-5-7-13-12(4,11(14)15)9-16-8-10(3)6-2/h10,13H,5-9H2,1-4H3,(H,14,15). The average molecular weight is 247 g/mol. The predicted octanol–water partition coefficient (Wildman–Crippen LogP) is 2.61. The topological polar surface area (TPSA) is 49.3 Å². The average Bonchev–Trinajstić information content (AvgIpc) is 2.25. The molecular formula is C12H25NO2S. The number of carboxylic acid groups (broad SMARTS) is 1. The molecule has 0 heterocycles. The van der Waals surface area contributed by atoms with E-state index >= 15 is 0 Å². The van der Waals surface area contributed by atoms with Gasteiger partial charge in [0.1, 0.15) is 5.54 Å². The second-order valence-electron chi connectivity index (χ2n) is 4.59. The van der Waals surface area contributed by atoms with Gasteiger partial charge in [0.15, 0.2) is 0 Å². The van der Waals surface area contributed by atoms with Crippen molar-refractivity contribution < 1.29 is 9.90 Å². The zero-order valence-electron chi connectivity index (χ0n) is 10.9. The second kappa shape index (κ2) is 7.96. The van der Waals surface area contributed by atoms with Gasteiger partial charge in [-0.15, -0.1) is 0 Å². The van der Waals surface area contributed by atoms with E-state index in [9.17, 15) is 9.90 Å². The summed E-state index contributed by atoms with van der Waals surface area (Å²) in [7, 11) is 0. The van der Waals surface area contributed by atoms with E-state index in [1.807, 2.05) is 6.92 Å². The van der Waals surface area contributed by atoms with Gasteiger partial charge in [-0.25, -0.2) is 0 Å². The molecule has 0 aromatic rings. The number of hydrogen-bond donors (Lipinski definition) is 2. The van der Waals surface area contributed by atoms with E-state index in [2.05, 4.69) is 19.2 Å². The molecule has 3 nitrogen and oxygen atoms in total. The molecule has 0 spiro atoms. The van der Waals surface area contributed by atoms with Gasteiger partial charge in [-0.3, -0.25) is 4.79 Å². The largest absolute Gasteiger partial charge is 0.480 e. The van der Waals surface area contributed by atoms with Crippen molar-refractivity contribution in [1.29, 1.82) is 0 Å². The zero-order valence-corrected chi connectivity index (χ0v) is 11.7. The van der Waals surface area contributed by atoms with Crippen molar-refractivity contribution in [2.24, 2.45) is 5.92 Å². The van der Waals surface area contributed by atoms with Crippen LogP contribution < -0.4 is 5.32 Å². The van der Waals surface area contributed by atoms with Gasteiger partial charge in [-0.1, -0.05) is 27.2 Å². The Bertz CT molecular complexity index is 211. The van der Waals surface area contributed by atoms with Gasteiger partial charge in [0.2, 0.25) is 0 Å². The molecular weight excluding hydrogens is 222 g/mol. The summed E-state index contributed by atoms with van der Waals surface area (Å²) in [5.74, 6) is 1.58. The summed E-state index contributed by atoms with van der Waals surface area (Å²) >= 11 is 1.73. The fraction of sp³-hybridized carbons (Fsp3) is 0.917. The first-order chi connectivity index (χ1) is 7.46. The summed E-state index contributed by atoms with van der Waals surface area (Å²) in [4.78, 5) is 11.2. The lowest BCUT2D eigenvalue weighted by Gasteiger charge is -2.26. The number of thioether (sulfide) groups is 1. The molecule has 2 atom stereocenters. The van der Waals surface area contributed by atoms with Crippen molar-refractivity contribution in [1.82, 2.24) is 5.32 Å². The maximum absolute atomic E-state index is 11.2. The number of carbonyl (C=O) groups is 1. The summed E-state index contributed by atoms with van der Waals surface area (Å²) in [5.41, 5.74) is -0.784. The molecule has 2 unspecified atom stereocenters. The summed E-state index contributed by atoms with van der Waals surface area (Å²) in [6.07, 6.45) is 2.11. The molecule has 0 aliphatic heterocycles. The molecule has 0 aliphatic rings. The van der Waals surface area contributed by atoms with Gasteiger partial charge in [-0.2, -0.15) is 11.8 Å². The van der Waals surface area contributed by atoms with E-state index < -0.39 is 11.5 Å². The highest BCUT2D eigenvalue weighted by Gasteiger charge is 2.31. The van der Waals surface area contributed by atoms with Gasteiger partial charge in [-0.05, 0) is 31.6 Å². The maximum Gasteiger partial charge on any atom is 0.324 e. The summed E-state index contributed by atoms with van der Waals surface area (Å²) in [5, 5.41) is 12.3. The number of hydrogen-bond acceptors (Lipinski definition) is 3. The lowest BCUT2D eigenvalue weighted by atomic mass is 10.1. The molecule has 4 heteroatoms. The van der Waals surface area contributed by atoms with Gasteiger partial charge < -0.3 is 10.4 Å². The first-order valence-corrected chi connectivity index (χ1v) is 7.17. The molecule has 0 bridgehead atoms. The van der Waals surface area contributed by atoms with Crippen molar-refractivity contribution in [3.8, 4) is 0 Å². The van der Waals surface area contributed by atoms with Crippen LogP contribution >= 0.6 is 11.8 Å². The van der Waals surface area contributed by atoms with Crippen molar-refractivity contribution in [2.75, 3.05) is 18.1 Å². The minimum atomic E-state index is -0.784. The van der Waals surface area contributed by atoms with Gasteiger partial charge >= 0.3 is 5.97 Å². The van der Waals surface area contributed by atoms with Gasteiger partial charge in [0, 0.05) is 5.75 Å². The third-order valence-electron chi connectivity index (χ3n) is 2.73. The van der Waals surface area contributed by atoms with Crippen molar-refractivity contribution in [3.63, 3.8) is 0 Å². The molecule has 0 radical (unpaired) electrons. The minimum absolute atomic E-state index is 0.632. The molecule has 0 fully saturated rings. The lowest BCUT2D eigenvalue weighted by molar-refractivity contribution is -0.143. The highest BCUT2D eigenvalue weighted by atomic mass is 32.2. The third kappa shape index (κ3) is 5.75. The Labute approximate surface area is 103 Å². The Morgan fingerprint density at radius 2 is 2.12 bits per heavy atom. The number of aliphatic carboxylic acids is 1. The number of carboxylic acids is 1. The maximum atomic E-state index is 11.2. The third-order valence-corrected chi connectivity index (χ3v) is 4.31. The molecule has 0 aromatic carbocycles. The smallest absolute Gasteiger partial charge is 0.324 e.